The first-order valence-electron chi connectivity index (χ1n) is 5.73. The SMILES string of the molecule is O=C(OCc1cc(-c2ccco2)on1)c1cc(Br)c[nH]1. The molecule has 20 heavy (non-hydrogen) atoms. The molecule has 0 amide bonds. The highest BCUT2D eigenvalue weighted by Gasteiger charge is 2.13. The fourth-order valence-electron chi connectivity index (χ4n) is 1.62. The minimum Gasteiger partial charge on any atom is -0.461 e. The van der Waals surface area contributed by atoms with Crippen LogP contribution in [0.5, 0.6) is 0 Å². The van der Waals surface area contributed by atoms with E-state index in [1.807, 2.05) is 0 Å². The molecule has 3 heterocycles. The van der Waals surface area contributed by atoms with Gasteiger partial charge in [0.2, 0.25) is 5.76 Å². The van der Waals surface area contributed by atoms with E-state index in [0.717, 1.165) is 4.47 Å². The Morgan fingerprint density at radius 2 is 2.30 bits per heavy atom. The van der Waals surface area contributed by atoms with Crippen LogP contribution in [-0.2, 0) is 11.3 Å². The number of furan rings is 1. The summed E-state index contributed by atoms with van der Waals surface area (Å²) in [4.78, 5) is 14.5. The van der Waals surface area contributed by atoms with Gasteiger partial charge >= 0.3 is 5.97 Å². The molecule has 0 aromatic carbocycles. The van der Waals surface area contributed by atoms with Crippen molar-refractivity contribution < 1.29 is 18.5 Å². The van der Waals surface area contributed by atoms with E-state index in [1.54, 1.807) is 36.7 Å². The number of nitrogens with one attached hydrogen (secondary N) is 1. The van der Waals surface area contributed by atoms with E-state index in [2.05, 4.69) is 26.1 Å². The second kappa shape index (κ2) is 5.38. The molecule has 0 bridgehead atoms. The molecule has 3 aromatic heterocycles. The van der Waals surface area contributed by atoms with E-state index in [-0.39, 0.29) is 6.61 Å². The fourth-order valence-corrected chi connectivity index (χ4v) is 1.96. The first-order chi connectivity index (χ1) is 9.72. The fraction of sp³-hybridized carbons (Fsp3) is 0.0769. The van der Waals surface area contributed by atoms with Crippen molar-refractivity contribution in [1.29, 1.82) is 0 Å². The third-order valence-corrected chi connectivity index (χ3v) is 3.00. The third-order valence-electron chi connectivity index (χ3n) is 2.54. The number of aromatic nitrogens is 2. The predicted molar refractivity (Wildman–Crippen MR) is 71.8 cm³/mol. The summed E-state index contributed by atoms with van der Waals surface area (Å²) < 4.78 is 16.2. The summed E-state index contributed by atoms with van der Waals surface area (Å²) in [6.45, 7) is 0.0275. The van der Waals surface area contributed by atoms with Crippen LogP contribution in [0.2, 0.25) is 0 Å². The van der Waals surface area contributed by atoms with Crippen LogP contribution in [0.4, 0.5) is 0 Å². The molecule has 3 aromatic rings. The van der Waals surface area contributed by atoms with Crippen molar-refractivity contribution in [3.8, 4) is 11.5 Å². The number of carbonyl (C=O) groups excluding carboxylic acids is 1. The monoisotopic (exact) mass is 336 g/mol. The lowest BCUT2D eigenvalue weighted by molar-refractivity contribution is 0.0458. The predicted octanol–water partition coefficient (Wildman–Crippen LogP) is 3.38. The summed E-state index contributed by atoms with van der Waals surface area (Å²) in [6, 6.07) is 6.81. The number of carbonyl (C=O) groups is 1. The molecule has 0 fully saturated rings. The van der Waals surface area contributed by atoms with E-state index in [9.17, 15) is 4.79 Å². The lowest BCUT2D eigenvalue weighted by Crippen LogP contribution is -2.05. The molecule has 0 aliphatic rings. The van der Waals surface area contributed by atoms with Gasteiger partial charge in [0.05, 0.1) is 6.26 Å². The molecule has 0 radical (unpaired) electrons. The molecule has 0 aliphatic heterocycles. The van der Waals surface area contributed by atoms with Gasteiger partial charge in [0.1, 0.15) is 18.0 Å². The summed E-state index contributed by atoms with van der Waals surface area (Å²) in [7, 11) is 0. The topological polar surface area (TPSA) is 81.3 Å². The molecular formula is C13H9BrN2O4. The second-order valence-corrected chi connectivity index (χ2v) is 4.88. The Hall–Kier alpha value is -2.28. The summed E-state index contributed by atoms with van der Waals surface area (Å²) in [5.41, 5.74) is 0.877. The maximum Gasteiger partial charge on any atom is 0.355 e. The standard InChI is InChI=1S/C13H9BrN2O4/c14-8-4-10(15-6-8)13(17)19-7-9-5-12(20-16-9)11-2-1-3-18-11/h1-6,15H,7H2. The molecule has 0 saturated heterocycles. The van der Waals surface area contributed by atoms with Gasteiger partial charge in [-0.3, -0.25) is 0 Å². The Labute approximate surface area is 121 Å². The number of hydrogen-bond acceptors (Lipinski definition) is 5. The van der Waals surface area contributed by atoms with Crippen LogP contribution in [-0.4, -0.2) is 16.1 Å². The van der Waals surface area contributed by atoms with E-state index < -0.39 is 5.97 Å². The van der Waals surface area contributed by atoms with E-state index in [0.29, 0.717) is 22.9 Å². The smallest absolute Gasteiger partial charge is 0.355 e. The summed E-state index contributed by atoms with van der Waals surface area (Å²) in [5, 5.41) is 3.81. The number of nitrogens with zero attached hydrogens (tertiary/aromatic N) is 1. The van der Waals surface area contributed by atoms with E-state index in [4.69, 9.17) is 13.7 Å². The first kappa shape index (κ1) is 12.7. The maximum absolute atomic E-state index is 11.7. The van der Waals surface area contributed by atoms with Crippen molar-refractivity contribution in [2.45, 2.75) is 6.61 Å². The van der Waals surface area contributed by atoms with Crippen molar-refractivity contribution in [2.24, 2.45) is 0 Å². The molecule has 3 rings (SSSR count). The number of H-pyrrole nitrogens is 1. The highest BCUT2D eigenvalue weighted by molar-refractivity contribution is 9.10. The number of aromatic amines is 1. The number of halogens is 1. The molecule has 0 spiro atoms. The van der Waals surface area contributed by atoms with Crippen LogP contribution in [0.25, 0.3) is 11.5 Å². The van der Waals surface area contributed by atoms with E-state index >= 15 is 0 Å². The van der Waals surface area contributed by atoms with Gasteiger partial charge in [-0.05, 0) is 34.1 Å². The zero-order valence-corrected chi connectivity index (χ0v) is 11.7. The second-order valence-electron chi connectivity index (χ2n) is 3.97. The number of esters is 1. The minimum absolute atomic E-state index is 0.0275. The van der Waals surface area contributed by atoms with Gasteiger partial charge in [0.25, 0.3) is 0 Å². The van der Waals surface area contributed by atoms with Crippen LogP contribution in [0.15, 0.2) is 50.1 Å². The number of rotatable bonds is 4. The Bertz CT molecular complexity index is 714. The minimum atomic E-state index is -0.460. The molecule has 0 atom stereocenters. The highest BCUT2D eigenvalue weighted by Crippen LogP contribution is 2.21. The summed E-state index contributed by atoms with van der Waals surface area (Å²) in [6.07, 6.45) is 3.20. The van der Waals surface area contributed by atoms with Crippen molar-refractivity contribution in [3.63, 3.8) is 0 Å². The molecule has 0 unspecified atom stereocenters. The Morgan fingerprint density at radius 1 is 1.40 bits per heavy atom. The van der Waals surface area contributed by atoms with Gasteiger partial charge in [-0.25, -0.2) is 4.79 Å². The van der Waals surface area contributed by atoms with Crippen molar-refractivity contribution in [2.75, 3.05) is 0 Å². The van der Waals surface area contributed by atoms with Crippen molar-refractivity contribution in [3.05, 3.63) is 52.6 Å². The van der Waals surface area contributed by atoms with Crippen molar-refractivity contribution in [1.82, 2.24) is 10.1 Å². The van der Waals surface area contributed by atoms with Crippen LogP contribution in [0.3, 0.4) is 0 Å². The van der Waals surface area contributed by atoms with Gasteiger partial charge in [-0.15, -0.1) is 0 Å². The Morgan fingerprint density at radius 3 is 3.00 bits per heavy atom. The van der Waals surface area contributed by atoms with Gasteiger partial charge < -0.3 is 18.7 Å². The third kappa shape index (κ3) is 2.67. The van der Waals surface area contributed by atoms with Crippen LogP contribution >= 0.6 is 15.9 Å². The average Bonchev–Trinajstić information content (AvgIpc) is 3.16. The number of ether oxygens (including phenoxy) is 1. The molecule has 1 N–H and O–H groups in total. The molecule has 0 saturated carbocycles. The normalized spacial score (nSPS) is 10.7. The highest BCUT2D eigenvalue weighted by atomic mass is 79.9. The summed E-state index contributed by atoms with van der Waals surface area (Å²) in [5.74, 6) is 0.602. The Balaban J connectivity index is 1.63. The van der Waals surface area contributed by atoms with E-state index in [1.165, 1.54) is 0 Å². The molecule has 6 nitrogen and oxygen atoms in total. The van der Waals surface area contributed by atoms with Gasteiger partial charge in [0.15, 0.2) is 5.76 Å². The average molecular weight is 337 g/mol. The lowest BCUT2D eigenvalue weighted by Gasteiger charge is -1.99. The zero-order chi connectivity index (χ0) is 13.9. The summed E-state index contributed by atoms with van der Waals surface area (Å²) >= 11 is 3.25. The van der Waals surface area contributed by atoms with Gasteiger partial charge in [0, 0.05) is 16.7 Å². The molecule has 102 valence electrons. The van der Waals surface area contributed by atoms with Crippen LogP contribution in [0.1, 0.15) is 16.2 Å². The lowest BCUT2D eigenvalue weighted by atomic mass is 10.3. The maximum atomic E-state index is 11.7. The number of hydrogen-bond donors (Lipinski definition) is 1. The molecular weight excluding hydrogens is 328 g/mol. The van der Waals surface area contributed by atoms with Gasteiger partial charge in [-0.1, -0.05) is 5.16 Å². The molecule has 0 aliphatic carbocycles. The zero-order valence-electron chi connectivity index (χ0n) is 10.1. The first-order valence-corrected chi connectivity index (χ1v) is 6.52. The Kier molecular flexibility index (Phi) is 3.42. The quantitative estimate of drug-likeness (QED) is 0.738. The molecule has 7 heteroatoms. The van der Waals surface area contributed by atoms with Gasteiger partial charge in [-0.2, -0.15) is 0 Å². The van der Waals surface area contributed by atoms with Crippen LogP contribution < -0.4 is 0 Å². The van der Waals surface area contributed by atoms with Crippen LogP contribution in [0, 0.1) is 0 Å². The van der Waals surface area contributed by atoms with Crippen molar-refractivity contribution >= 4 is 21.9 Å². The largest absolute Gasteiger partial charge is 0.461 e.